The minimum atomic E-state index is -0.820. The number of rotatable bonds is 4. The molecule has 10 heteroatoms. The van der Waals surface area contributed by atoms with E-state index in [-0.39, 0.29) is 39.8 Å². The van der Waals surface area contributed by atoms with Gasteiger partial charge in [0.05, 0.1) is 18.2 Å². The molecule has 0 unspecified atom stereocenters. The molecule has 0 radical (unpaired) electrons. The van der Waals surface area contributed by atoms with Crippen LogP contribution in [0, 0.1) is 28.5 Å². The van der Waals surface area contributed by atoms with Gasteiger partial charge in [0.2, 0.25) is 0 Å². The zero-order chi connectivity index (χ0) is 21.1. The molecule has 0 atom stereocenters. The average molecular weight is 476 g/mol. The molecule has 3 aromatic rings. The Labute approximate surface area is 176 Å². The molecule has 0 fully saturated rings. The summed E-state index contributed by atoms with van der Waals surface area (Å²) in [6.07, 6.45) is 1.05. The van der Waals surface area contributed by atoms with Gasteiger partial charge in [-0.25, -0.2) is 9.18 Å². The van der Waals surface area contributed by atoms with Gasteiger partial charge in [-0.3, -0.25) is 14.3 Å². The number of aromatic amines is 1. The van der Waals surface area contributed by atoms with E-state index in [4.69, 9.17) is 26.9 Å². The van der Waals surface area contributed by atoms with E-state index in [1.54, 1.807) is 6.07 Å². The Balaban J connectivity index is 2.02. The molecule has 0 aliphatic carbocycles. The number of nitrogens with one attached hydrogen (secondary N) is 1. The van der Waals surface area contributed by atoms with Gasteiger partial charge in [0.1, 0.15) is 17.4 Å². The van der Waals surface area contributed by atoms with Crippen LogP contribution in [0.5, 0.6) is 11.5 Å². The van der Waals surface area contributed by atoms with Gasteiger partial charge >= 0.3 is 5.69 Å². The third-order valence-electron chi connectivity index (χ3n) is 3.84. The minimum Gasteiger partial charge on any atom is -0.454 e. The van der Waals surface area contributed by atoms with Crippen molar-refractivity contribution >= 4 is 27.5 Å². The summed E-state index contributed by atoms with van der Waals surface area (Å²) in [4.78, 5) is 25.5. The van der Waals surface area contributed by atoms with Gasteiger partial charge in [0, 0.05) is 21.3 Å². The van der Waals surface area contributed by atoms with Crippen molar-refractivity contribution in [3.8, 4) is 23.6 Å². The van der Waals surface area contributed by atoms with Crippen LogP contribution in [-0.4, -0.2) is 9.55 Å². The number of hydrogen-bond donors (Lipinski definition) is 1. The highest BCUT2D eigenvalue weighted by molar-refractivity contribution is 9.10. The number of benzene rings is 2. The van der Waals surface area contributed by atoms with Gasteiger partial charge < -0.3 is 4.74 Å². The maximum Gasteiger partial charge on any atom is 0.328 e. The summed E-state index contributed by atoms with van der Waals surface area (Å²) in [6, 6.07) is 10.7. The lowest BCUT2D eigenvalue weighted by Crippen LogP contribution is -2.31. The lowest BCUT2D eigenvalue weighted by molar-refractivity contribution is 0.436. The summed E-state index contributed by atoms with van der Waals surface area (Å²) in [5, 5.41) is 18.2. The number of ether oxygens (including phenoxy) is 1. The van der Waals surface area contributed by atoms with Gasteiger partial charge in [-0.05, 0) is 30.3 Å². The second-order valence-electron chi connectivity index (χ2n) is 5.77. The second kappa shape index (κ2) is 8.31. The summed E-state index contributed by atoms with van der Waals surface area (Å²) in [7, 11) is 0. The zero-order valence-electron chi connectivity index (χ0n) is 14.4. The number of H-pyrrole nitrogens is 1. The van der Waals surface area contributed by atoms with Crippen molar-refractivity contribution in [2.24, 2.45) is 0 Å². The minimum absolute atomic E-state index is 0.0584. The van der Waals surface area contributed by atoms with E-state index in [9.17, 15) is 9.59 Å². The molecule has 0 aliphatic heterocycles. The molecular formula is C19H9BrClFN4O3. The van der Waals surface area contributed by atoms with Crippen LogP contribution in [0.1, 0.15) is 16.7 Å². The smallest absolute Gasteiger partial charge is 0.328 e. The zero-order valence-corrected chi connectivity index (χ0v) is 16.7. The molecule has 3 rings (SSSR count). The largest absolute Gasteiger partial charge is 0.454 e. The number of aromatic nitrogens is 2. The number of hydrogen-bond acceptors (Lipinski definition) is 5. The van der Waals surface area contributed by atoms with Crippen molar-refractivity contribution in [3.63, 3.8) is 0 Å². The molecule has 0 saturated heterocycles. The number of nitriles is 2. The van der Waals surface area contributed by atoms with E-state index in [1.807, 2.05) is 11.1 Å². The highest BCUT2D eigenvalue weighted by atomic mass is 79.9. The molecule has 0 saturated carbocycles. The molecule has 144 valence electrons. The Morgan fingerprint density at radius 1 is 1.21 bits per heavy atom. The first-order valence-electron chi connectivity index (χ1n) is 7.91. The van der Waals surface area contributed by atoms with Gasteiger partial charge in [-0.1, -0.05) is 27.5 Å². The van der Waals surface area contributed by atoms with Crippen molar-refractivity contribution in [1.29, 1.82) is 10.5 Å². The van der Waals surface area contributed by atoms with Crippen LogP contribution in [0.15, 0.2) is 50.6 Å². The molecule has 0 spiro atoms. The number of nitrogens with zero attached hydrogens (tertiary/aromatic N) is 3. The SMILES string of the molecule is N#Cc1cc(Cl)cc(Oc2ccc(Br)c(Cn3cc(C#N)c(=O)[nH]c3=O)c2F)c1. The van der Waals surface area contributed by atoms with Crippen LogP contribution in [0.25, 0.3) is 0 Å². The standard InChI is InChI=1S/C19H9BrClFN4O3/c20-15-1-2-16(29-13-4-10(6-23)3-12(21)5-13)17(22)14(15)9-26-8-11(7-24)18(27)25-19(26)28/h1-5,8H,9H2,(H,25,27,28). The molecule has 0 bridgehead atoms. The third-order valence-corrected chi connectivity index (χ3v) is 4.80. The number of halogens is 3. The first-order chi connectivity index (χ1) is 13.8. The van der Waals surface area contributed by atoms with Gasteiger partial charge in [0.15, 0.2) is 11.6 Å². The van der Waals surface area contributed by atoms with Crippen LogP contribution in [0.4, 0.5) is 4.39 Å². The quantitative estimate of drug-likeness (QED) is 0.619. The van der Waals surface area contributed by atoms with Crippen LogP contribution < -0.4 is 16.0 Å². The van der Waals surface area contributed by atoms with E-state index in [1.165, 1.54) is 30.3 Å². The summed E-state index contributed by atoms with van der Waals surface area (Å²) < 4.78 is 22.0. The van der Waals surface area contributed by atoms with Crippen molar-refractivity contribution in [2.45, 2.75) is 6.54 Å². The van der Waals surface area contributed by atoms with Gasteiger partial charge in [-0.15, -0.1) is 0 Å². The Hall–Kier alpha value is -3.40. The molecule has 1 N–H and O–H groups in total. The first-order valence-corrected chi connectivity index (χ1v) is 9.08. The maximum absolute atomic E-state index is 15.1. The Kier molecular flexibility index (Phi) is 5.83. The summed E-state index contributed by atoms with van der Waals surface area (Å²) >= 11 is 9.15. The van der Waals surface area contributed by atoms with E-state index in [0.29, 0.717) is 4.47 Å². The Bertz CT molecular complexity index is 1320. The van der Waals surface area contributed by atoms with Crippen LogP contribution in [-0.2, 0) is 6.54 Å². The normalized spacial score (nSPS) is 10.2. The summed E-state index contributed by atoms with van der Waals surface area (Å²) in [5.74, 6) is -0.768. The molecule has 29 heavy (non-hydrogen) atoms. The topological polar surface area (TPSA) is 112 Å². The van der Waals surface area contributed by atoms with Crippen LogP contribution >= 0.6 is 27.5 Å². The van der Waals surface area contributed by atoms with Gasteiger partial charge in [0.25, 0.3) is 5.56 Å². The monoisotopic (exact) mass is 474 g/mol. The highest BCUT2D eigenvalue weighted by Gasteiger charge is 2.16. The fraction of sp³-hybridized carbons (Fsp3) is 0.0526. The van der Waals surface area contributed by atoms with Crippen molar-refractivity contribution < 1.29 is 9.13 Å². The van der Waals surface area contributed by atoms with Crippen LogP contribution in [0.3, 0.4) is 0 Å². The van der Waals surface area contributed by atoms with E-state index < -0.39 is 17.1 Å². The molecule has 7 nitrogen and oxygen atoms in total. The Morgan fingerprint density at radius 3 is 2.66 bits per heavy atom. The average Bonchev–Trinajstić information content (AvgIpc) is 2.68. The van der Waals surface area contributed by atoms with E-state index >= 15 is 4.39 Å². The highest BCUT2D eigenvalue weighted by Crippen LogP contribution is 2.32. The van der Waals surface area contributed by atoms with Crippen LogP contribution in [0.2, 0.25) is 5.02 Å². The molecule has 1 heterocycles. The van der Waals surface area contributed by atoms with Crippen molar-refractivity contribution in [3.05, 3.63) is 89.4 Å². The van der Waals surface area contributed by atoms with Gasteiger partial charge in [-0.2, -0.15) is 10.5 Å². The molecule has 1 aromatic heterocycles. The van der Waals surface area contributed by atoms with E-state index in [0.717, 1.165) is 10.8 Å². The first kappa shape index (κ1) is 20.3. The van der Waals surface area contributed by atoms with E-state index in [2.05, 4.69) is 15.9 Å². The molecule has 0 amide bonds. The molecule has 2 aromatic carbocycles. The molecule has 0 aliphatic rings. The third kappa shape index (κ3) is 4.37. The second-order valence-corrected chi connectivity index (χ2v) is 7.06. The predicted molar refractivity (Wildman–Crippen MR) is 105 cm³/mol. The lowest BCUT2D eigenvalue weighted by atomic mass is 10.2. The fourth-order valence-corrected chi connectivity index (χ4v) is 3.15. The Morgan fingerprint density at radius 2 is 1.97 bits per heavy atom. The summed E-state index contributed by atoms with van der Waals surface area (Å²) in [5.41, 5.74) is -1.59. The van der Waals surface area contributed by atoms with Crippen molar-refractivity contribution in [1.82, 2.24) is 9.55 Å². The fourth-order valence-electron chi connectivity index (χ4n) is 2.49. The van der Waals surface area contributed by atoms with Crippen molar-refractivity contribution in [2.75, 3.05) is 0 Å². The lowest BCUT2D eigenvalue weighted by Gasteiger charge is -2.13. The summed E-state index contributed by atoms with van der Waals surface area (Å²) in [6.45, 7) is -0.271. The molecular weight excluding hydrogens is 467 g/mol. The predicted octanol–water partition coefficient (Wildman–Crippen LogP) is 3.68. The maximum atomic E-state index is 15.1.